The van der Waals surface area contributed by atoms with Gasteiger partial charge in [0.2, 0.25) is 0 Å². The minimum Gasteiger partial charge on any atom is -0.496 e. The fourth-order valence-electron chi connectivity index (χ4n) is 3.23. The van der Waals surface area contributed by atoms with Crippen LogP contribution in [0.25, 0.3) is 0 Å². The largest absolute Gasteiger partial charge is 0.496 e. The van der Waals surface area contributed by atoms with Crippen LogP contribution in [0.4, 0.5) is 5.69 Å². The standard InChI is InChI=1S/C18H17NO5/c1-23-15-9-10-16(24-2)17-14(15)8-7-13(18(17)20)11-3-5-12(6-4-11)19(21)22/h3-6,9-10,13H,7-8H2,1-2H3. The van der Waals surface area contributed by atoms with Gasteiger partial charge in [0.05, 0.1) is 24.7 Å². The van der Waals surface area contributed by atoms with Crippen molar-refractivity contribution >= 4 is 11.5 Å². The Hall–Kier alpha value is -2.89. The average Bonchev–Trinajstić information content (AvgIpc) is 2.61. The summed E-state index contributed by atoms with van der Waals surface area (Å²) in [6.07, 6.45) is 1.32. The van der Waals surface area contributed by atoms with Crippen LogP contribution in [0.3, 0.4) is 0 Å². The highest BCUT2D eigenvalue weighted by molar-refractivity contribution is 6.06. The van der Waals surface area contributed by atoms with Crippen LogP contribution in [0.2, 0.25) is 0 Å². The number of rotatable bonds is 4. The van der Waals surface area contributed by atoms with Crippen LogP contribution in [0.1, 0.15) is 33.8 Å². The number of ketones is 1. The fourth-order valence-corrected chi connectivity index (χ4v) is 3.23. The molecular weight excluding hydrogens is 310 g/mol. The van der Waals surface area contributed by atoms with E-state index in [4.69, 9.17) is 9.47 Å². The summed E-state index contributed by atoms with van der Waals surface area (Å²) in [6.45, 7) is 0. The summed E-state index contributed by atoms with van der Waals surface area (Å²) in [4.78, 5) is 23.3. The van der Waals surface area contributed by atoms with E-state index >= 15 is 0 Å². The van der Waals surface area contributed by atoms with Crippen LogP contribution in [0, 0.1) is 10.1 Å². The van der Waals surface area contributed by atoms with Gasteiger partial charge in [0, 0.05) is 23.6 Å². The van der Waals surface area contributed by atoms with Gasteiger partial charge in [0.15, 0.2) is 5.78 Å². The highest BCUT2D eigenvalue weighted by Gasteiger charge is 2.33. The number of fused-ring (bicyclic) bond motifs is 1. The maximum Gasteiger partial charge on any atom is 0.269 e. The van der Waals surface area contributed by atoms with Crippen molar-refractivity contribution in [2.75, 3.05) is 14.2 Å². The fraction of sp³-hybridized carbons (Fsp3) is 0.278. The summed E-state index contributed by atoms with van der Waals surface area (Å²) in [5, 5.41) is 10.8. The molecule has 0 aromatic heterocycles. The Bertz CT molecular complexity index is 798. The number of hydrogen-bond acceptors (Lipinski definition) is 5. The molecule has 0 saturated heterocycles. The molecule has 24 heavy (non-hydrogen) atoms. The van der Waals surface area contributed by atoms with E-state index in [0.29, 0.717) is 29.9 Å². The molecule has 0 N–H and O–H groups in total. The van der Waals surface area contributed by atoms with Gasteiger partial charge in [-0.1, -0.05) is 12.1 Å². The number of hydrogen-bond donors (Lipinski definition) is 0. The molecule has 0 fully saturated rings. The van der Waals surface area contributed by atoms with E-state index in [1.165, 1.54) is 19.2 Å². The van der Waals surface area contributed by atoms with E-state index in [1.807, 2.05) is 0 Å². The second kappa shape index (κ2) is 6.31. The van der Waals surface area contributed by atoms with Crippen LogP contribution in [-0.2, 0) is 6.42 Å². The van der Waals surface area contributed by atoms with Gasteiger partial charge in [-0.25, -0.2) is 0 Å². The topological polar surface area (TPSA) is 78.7 Å². The summed E-state index contributed by atoms with van der Waals surface area (Å²) >= 11 is 0. The van der Waals surface area contributed by atoms with Crippen LogP contribution in [0.5, 0.6) is 11.5 Å². The third kappa shape index (κ3) is 2.60. The Morgan fingerprint density at radius 3 is 2.25 bits per heavy atom. The van der Waals surface area contributed by atoms with Crippen LogP contribution in [-0.4, -0.2) is 24.9 Å². The number of carbonyl (C=O) groups is 1. The molecule has 6 nitrogen and oxygen atoms in total. The number of benzene rings is 2. The zero-order valence-corrected chi connectivity index (χ0v) is 13.4. The Morgan fingerprint density at radius 1 is 1.04 bits per heavy atom. The summed E-state index contributed by atoms with van der Waals surface area (Å²) in [7, 11) is 3.11. The van der Waals surface area contributed by atoms with Crippen molar-refractivity contribution in [1.82, 2.24) is 0 Å². The Labute approximate surface area is 139 Å². The maximum atomic E-state index is 13.0. The van der Waals surface area contributed by atoms with Gasteiger partial charge in [-0.2, -0.15) is 0 Å². The first-order valence-corrected chi connectivity index (χ1v) is 7.59. The van der Waals surface area contributed by atoms with Crippen LogP contribution in [0.15, 0.2) is 36.4 Å². The van der Waals surface area contributed by atoms with Gasteiger partial charge in [-0.15, -0.1) is 0 Å². The Morgan fingerprint density at radius 2 is 1.67 bits per heavy atom. The van der Waals surface area contributed by atoms with Gasteiger partial charge in [-0.3, -0.25) is 14.9 Å². The van der Waals surface area contributed by atoms with E-state index in [-0.39, 0.29) is 17.4 Å². The van der Waals surface area contributed by atoms with E-state index in [1.54, 1.807) is 31.4 Å². The lowest BCUT2D eigenvalue weighted by molar-refractivity contribution is -0.384. The van der Waals surface area contributed by atoms with Gasteiger partial charge < -0.3 is 9.47 Å². The first-order valence-electron chi connectivity index (χ1n) is 7.59. The predicted octanol–water partition coefficient (Wildman–Crippen LogP) is 3.52. The number of Topliss-reactive ketones (excluding diaryl/α,β-unsaturated/α-hetero) is 1. The van der Waals surface area contributed by atoms with Crippen LogP contribution >= 0.6 is 0 Å². The summed E-state index contributed by atoms with van der Waals surface area (Å²) < 4.78 is 10.7. The summed E-state index contributed by atoms with van der Waals surface area (Å²) in [6, 6.07) is 9.70. The number of nitro benzene ring substituents is 1. The van der Waals surface area contributed by atoms with Gasteiger partial charge >= 0.3 is 0 Å². The molecule has 6 heteroatoms. The average molecular weight is 327 g/mol. The number of ether oxygens (including phenoxy) is 2. The SMILES string of the molecule is COc1ccc(OC)c2c1CCC(c1ccc([N+](=O)[O-])cc1)C2=O. The number of nitrogens with zero attached hydrogens (tertiary/aromatic N) is 1. The molecular formula is C18H17NO5. The lowest BCUT2D eigenvalue weighted by atomic mass is 9.78. The smallest absolute Gasteiger partial charge is 0.269 e. The number of nitro groups is 1. The van der Waals surface area contributed by atoms with E-state index in [0.717, 1.165) is 11.1 Å². The molecule has 0 amide bonds. The molecule has 1 aliphatic rings. The first-order chi connectivity index (χ1) is 11.6. The molecule has 0 heterocycles. The van der Waals surface area contributed by atoms with Crippen molar-refractivity contribution in [3.05, 3.63) is 63.2 Å². The lowest BCUT2D eigenvalue weighted by Crippen LogP contribution is -2.22. The van der Waals surface area contributed by atoms with Crippen molar-refractivity contribution in [1.29, 1.82) is 0 Å². The predicted molar refractivity (Wildman–Crippen MR) is 88.0 cm³/mol. The van der Waals surface area contributed by atoms with Crippen molar-refractivity contribution in [2.24, 2.45) is 0 Å². The Balaban J connectivity index is 2.01. The second-order valence-electron chi connectivity index (χ2n) is 5.63. The lowest BCUT2D eigenvalue weighted by Gasteiger charge is -2.26. The van der Waals surface area contributed by atoms with Crippen molar-refractivity contribution in [2.45, 2.75) is 18.8 Å². The number of non-ortho nitro benzene ring substituents is 1. The maximum absolute atomic E-state index is 13.0. The molecule has 3 rings (SSSR count). The van der Waals surface area contributed by atoms with E-state index in [2.05, 4.69) is 0 Å². The van der Waals surface area contributed by atoms with Crippen molar-refractivity contribution in [3.8, 4) is 11.5 Å². The number of methoxy groups -OCH3 is 2. The van der Waals surface area contributed by atoms with Gasteiger partial charge in [0.25, 0.3) is 5.69 Å². The Kier molecular flexibility index (Phi) is 4.20. The van der Waals surface area contributed by atoms with Gasteiger partial charge in [-0.05, 0) is 30.5 Å². The molecule has 0 radical (unpaired) electrons. The minimum absolute atomic E-state index is 0.0154. The number of carbonyl (C=O) groups excluding carboxylic acids is 1. The molecule has 124 valence electrons. The molecule has 2 aromatic carbocycles. The normalized spacial score (nSPS) is 16.4. The van der Waals surface area contributed by atoms with E-state index in [9.17, 15) is 14.9 Å². The zero-order valence-electron chi connectivity index (χ0n) is 13.4. The molecule has 0 aliphatic heterocycles. The molecule has 0 saturated carbocycles. The van der Waals surface area contributed by atoms with Crippen molar-refractivity contribution in [3.63, 3.8) is 0 Å². The molecule has 0 spiro atoms. The second-order valence-corrected chi connectivity index (χ2v) is 5.63. The summed E-state index contributed by atoms with van der Waals surface area (Å²) in [5.74, 6) is 0.837. The molecule has 1 atom stereocenters. The monoisotopic (exact) mass is 327 g/mol. The molecule has 1 unspecified atom stereocenters. The molecule has 2 aromatic rings. The zero-order chi connectivity index (χ0) is 17.3. The van der Waals surface area contributed by atoms with Crippen molar-refractivity contribution < 1.29 is 19.2 Å². The molecule has 0 bridgehead atoms. The minimum atomic E-state index is -0.449. The third-order valence-corrected chi connectivity index (χ3v) is 4.42. The van der Waals surface area contributed by atoms with E-state index < -0.39 is 4.92 Å². The third-order valence-electron chi connectivity index (χ3n) is 4.42. The highest BCUT2D eigenvalue weighted by Crippen LogP contribution is 2.41. The quantitative estimate of drug-likeness (QED) is 0.634. The summed E-state index contributed by atoms with van der Waals surface area (Å²) in [5.41, 5.74) is 2.20. The first kappa shape index (κ1) is 16.0. The molecule has 1 aliphatic carbocycles. The van der Waals surface area contributed by atoms with Gasteiger partial charge in [0.1, 0.15) is 11.5 Å². The van der Waals surface area contributed by atoms with Crippen LogP contribution < -0.4 is 9.47 Å². The highest BCUT2D eigenvalue weighted by atomic mass is 16.6.